The molecule has 0 saturated heterocycles. The molecule has 0 saturated carbocycles. The van der Waals surface area contributed by atoms with Gasteiger partial charge in [-0.3, -0.25) is 4.40 Å². The number of rotatable bonds is 2. The van der Waals surface area contributed by atoms with Crippen molar-refractivity contribution >= 4 is 44.9 Å². The minimum Gasteiger partial charge on any atom is -0.329 e. The molecule has 116 valence electrons. The van der Waals surface area contributed by atoms with Crippen LogP contribution in [0.4, 0.5) is 5.69 Å². The molecule has 1 aromatic carbocycles. The maximum atomic E-state index is 4.61. The maximum absolute atomic E-state index is 4.61. The van der Waals surface area contributed by atoms with Crippen LogP contribution in [-0.2, 0) is 0 Å². The van der Waals surface area contributed by atoms with E-state index in [9.17, 15) is 0 Å². The molecule has 0 unspecified atom stereocenters. The first-order valence-corrected chi connectivity index (χ1v) is 9.10. The largest absolute Gasteiger partial charge is 0.329 e. The van der Waals surface area contributed by atoms with Gasteiger partial charge in [0.25, 0.3) is 0 Å². The summed E-state index contributed by atoms with van der Waals surface area (Å²) in [5.41, 5.74) is 4.53. The fraction of sp³-hybridized carbons (Fsp3) is 0.176. The zero-order chi connectivity index (χ0) is 16.0. The lowest BCUT2D eigenvalue weighted by Crippen LogP contribution is -2.18. The molecule has 1 aliphatic rings. The molecule has 23 heavy (non-hydrogen) atoms. The van der Waals surface area contributed by atoms with Gasteiger partial charge in [-0.05, 0) is 44.2 Å². The second kappa shape index (κ2) is 5.69. The molecule has 1 aliphatic heterocycles. The first-order valence-electron chi connectivity index (χ1n) is 7.32. The van der Waals surface area contributed by atoms with Gasteiger partial charge in [0.2, 0.25) is 5.78 Å². The van der Waals surface area contributed by atoms with Crippen molar-refractivity contribution < 1.29 is 0 Å². The second-order valence-electron chi connectivity index (χ2n) is 5.42. The number of benzene rings is 1. The van der Waals surface area contributed by atoms with Gasteiger partial charge in [0.15, 0.2) is 0 Å². The lowest BCUT2D eigenvalue weighted by molar-refractivity contribution is 1.07. The third-order valence-corrected chi connectivity index (χ3v) is 5.50. The van der Waals surface area contributed by atoms with Crippen molar-refractivity contribution in [1.82, 2.24) is 14.4 Å². The van der Waals surface area contributed by atoms with Crippen molar-refractivity contribution in [2.45, 2.75) is 13.8 Å². The minimum absolute atomic E-state index is 0.743. The molecular formula is C17H15BrN4S. The number of aromatic nitrogens is 3. The van der Waals surface area contributed by atoms with E-state index >= 15 is 0 Å². The molecule has 6 heteroatoms. The van der Waals surface area contributed by atoms with Crippen molar-refractivity contribution in [3.8, 4) is 0 Å². The van der Waals surface area contributed by atoms with Crippen LogP contribution in [0.1, 0.15) is 18.3 Å². The zero-order valence-electron chi connectivity index (χ0n) is 12.8. The van der Waals surface area contributed by atoms with Gasteiger partial charge < -0.3 is 4.90 Å². The lowest BCUT2D eigenvalue weighted by atomic mass is 10.2. The van der Waals surface area contributed by atoms with Gasteiger partial charge in [0.1, 0.15) is 0 Å². The summed E-state index contributed by atoms with van der Waals surface area (Å²) in [6.07, 6.45) is 3.81. The van der Waals surface area contributed by atoms with Crippen LogP contribution in [0.15, 0.2) is 52.1 Å². The van der Waals surface area contributed by atoms with E-state index < -0.39 is 0 Å². The van der Waals surface area contributed by atoms with Crippen molar-refractivity contribution in [1.29, 1.82) is 0 Å². The molecule has 3 heterocycles. The highest BCUT2D eigenvalue weighted by atomic mass is 79.9. The number of hydrogen-bond acceptors (Lipinski definition) is 4. The molecule has 3 aromatic rings. The van der Waals surface area contributed by atoms with Crippen LogP contribution in [0, 0.1) is 6.92 Å². The SMILES string of the molecule is CC1=C(c2c(C)nc3ncccn23)N(c2ccc(Br)cc2)CS1. The molecular weight excluding hydrogens is 372 g/mol. The Morgan fingerprint density at radius 1 is 1.17 bits per heavy atom. The van der Waals surface area contributed by atoms with Gasteiger partial charge in [-0.25, -0.2) is 9.97 Å². The van der Waals surface area contributed by atoms with E-state index in [0.29, 0.717) is 0 Å². The van der Waals surface area contributed by atoms with Gasteiger partial charge in [-0.2, -0.15) is 0 Å². The highest BCUT2D eigenvalue weighted by molar-refractivity contribution is 9.10. The van der Waals surface area contributed by atoms with Crippen molar-refractivity contribution in [2.75, 3.05) is 10.8 Å². The minimum atomic E-state index is 0.743. The van der Waals surface area contributed by atoms with Crippen LogP contribution in [-0.4, -0.2) is 20.2 Å². The maximum Gasteiger partial charge on any atom is 0.234 e. The van der Waals surface area contributed by atoms with Gasteiger partial charge in [-0.15, -0.1) is 11.8 Å². The molecule has 0 atom stereocenters. The normalized spacial score (nSPS) is 15.0. The van der Waals surface area contributed by atoms with Crippen LogP contribution >= 0.6 is 27.7 Å². The van der Waals surface area contributed by atoms with Gasteiger partial charge in [0, 0.05) is 27.5 Å². The second-order valence-corrected chi connectivity index (χ2v) is 7.49. The first kappa shape index (κ1) is 14.8. The molecule has 2 aromatic heterocycles. The Bertz CT molecular complexity index is 914. The summed E-state index contributed by atoms with van der Waals surface area (Å²) in [7, 11) is 0. The molecule has 0 bridgehead atoms. The summed E-state index contributed by atoms with van der Waals surface area (Å²) in [5, 5.41) is 0. The van der Waals surface area contributed by atoms with Crippen molar-refractivity contribution in [3.63, 3.8) is 0 Å². The summed E-state index contributed by atoms with van der Waals surface area (Å²) in [5.74, 6) is 1.66. The Labute approximate surface area is 147 Å². The highest BCUT2D eigenvalue weighted by Crippen LogP contribution is 2.41. The number of fused-ring (bicyclic) bond motifs is 1. The topological polar surface area (TPSA) is 33.4 Å². The lowest BCUT2D eigenvalue weighted by Gasteiger charge is -2.22. The number of imidazole rings is 1. The zero-order valence-corrected chi connectivity index (χ0v) is 15.2. The molecule has 4 nitrogen and oxygen atoms in total. The van der Waals surface area contributed by atoms with Crippen LogP contribution in [0.5, 0.6) is 0 Å². The molecule has 0 spiro atoms. The summed E-state index contributed by atoms with van der Waals surface area (Å²) in [6, 6.07) is 10.4. The third kappa shape index (κ3) is 2.46. The Hall–Kier alpha value is -1.79. The summed E-state index contributed by atoms with van der Waals surface area (Å²) < 4.78 is 3.16. The monoisotopic (exact) mass is 386 g/mol. The number of nitrogens with zero attached hydrogens (tertiary/aromatic N) is 4. The average molecular weight is 387 g/mol. The molecule has 0 N–H and O–H groups in total. The standard InChI is InChI=1S/C17H15BrN4S/c1-11-15(21-9-3-8-19-17(21)20-11)16-12(2)23-10-22(16)14-6-4-13(18)5-7-14/h3-9H,10H2,1-2H3. The van der Waals surface area contributed by atoms with Crippen LogP contribution in [0.25, 0.3) is 11.5 Å². The van der Waals surface area contributed by atoms with Crippen LogP contribution in [0.3, 0.4) is 0 Å². The van der Waals surface area contributed by atoms with Gasteiger partial charge in [0.05, 0.1) is 23.0 Å². The number of hydrogen-bond donors (Lipinski definition) is 0. The Morgan fingerprint density at radius 3 is 2.74 bits per heavy atom. The number of allylic oxidation sites excluding steroid dienone is 1. The summed E-state index contributed by atoms with van der Waals surface area (Å²) in [4.78, 5) is 12.6. The summed E-state index contributed by atoms with van der Waals surface area (Å²) in [6.45, 7) is 4.22. The average Bonchev–Trinajstić information content (AvgIpc) is 3.07. The number of thioether (sulfide) groups is 1. The van der Waals surface area contributed by atoms with E-state index in [1.807, 2.05) is 30.9 Å². The molecule has 0 radical (unpaired) electrons. The highest BCUT2D eigenvalue weighted by Gasteiger charge is 2.27. The van der Waals surface area contributed by atoms with E-state index in [0.717, 1.165) is 27.5 Å². The van der Waals surface area contributed by atoms with Gasteiger partial charge in [-0.1, -0.05) is 15.9 Å². The molecule has 0 aliphatic carbocycles. The van der Waals surface area contributed by atoms with Crippen molar-refractivity contribution in [2.24, 2.45) is 0 Å². The first-order chi connectivity index (χ1) is 11.1. The van der Waals surface area contributed by atoms with E-state index in [1.165, 1.54) is 16.3 Å². The number of anilines is 1. The number of aryl methyl sites for hydroxylation is 1. The summed E-state index contributed by atoms with van der Waals surface area (Å²) >= 11 is 5.37. The van der Waals surface area contributed by atoms with Gasteiger partial charge >= 0.3 is 0 Å². The van der Waals surface area contributed by atoms with Crippen LogP contribution < -0.4 is 4.90 Å². The predicted molar refractivity (Wildman–Crippen MR) is 99.4 cm³/mol. The smallest absolute Gasteiger partial charge is 0.234 e. The van der Waals surface area contributed by atoms with Crippen molar-refractivity contribution in [3.05, 3.63) is 63.5 Å². The fourth-order valence-electron chi connectivity index (χ4n) is 2.89. The van der Waals surface area contributed by atoms with E-state index in [2.05, 4.69) is 66.4 Å². The number of halogens is 1. The molecule has 4 rings (SSSR count). The van der Waals surface area contributed by atoms with E-state index in [4.69, 9.17) is 0 Å². The Morgan fingerprint density at radius 2 is 1.96 bits per heavy atom. The molecule has 0 amide bonds. The fourth-order valence-corrected chi connectivity index (χ4v) is 4.10. The third-order valence-electron chi connectivity index (χ3n) is 3.95. The Balaban J connectivity index is 1.89. The Kier molecular flexibility index (Phi) is 3.66. The predicted octanol–water partition coefficient (Wildman–Crippen LogP) is 4.70. The van der Waals surface area contributed by atoms with E-state index in [1.54, 1.807) is 6.20 Å². The quantitative estimate of drug-likeness (QED) is 0.638. The van der Waals surface area contributed by atoms with E-state index in [-0.39, 0.29) is 0 Å². The van der Waals surface area contributed by atoms with Crippen LogP contribution in [0.2, 0.25) is 0 Å². The molecule has 0 fully saturated rings.